The molecule has 22 heavy (non-hydrogen) atoms. The molecule has 1 aromatic heterocycles. The predicted octanol–water partition coefficient (Wildman–Crippen LogP) is 3.31. The summed E-state index contributed by atoms with van der Waals surface area (Å²) in [5.74, 6) is -0.190. The number of anilines is 1. The zero-order chi connectivity index (χ0) is 15.8. The molecule has 0 atom stereocenters. The molecule has 0 aliphatic rings. The number of amides is 1. The van der Waals surface area contributed by atoms with Gasteiger partial charge in [0, 0.05) is 30.0 Å². The lowest BCUT2D eigenvalue weighted by atomic mass is 10.1. The minimum absolute atomic E-state index is 0.190. The van der Waals surface area contributed by atoms with Crippen molar-refractivity contribution in [2.45, 2.75) is 6.42 Å². The minimum Gasteiger partial charge on any atom is -0.381 e. The van der Waals surface area contributed by atoms with Gasteiger partial charge in [-0.15, -0.1) is 6.58 Å². The summed E-state index contributed by atoms with van der Waals surface area (Å²) in [6, 6.07) is 11.1. The number of carbonyl (C=O) groups excluding carboxylic acids is 1. The van der Waals surface area contributed by atoms with Crippen molar-refractivity contribution in [3.8, 4) is 0 Å². The zero-order valence-corrected chi connectivity index (χ0v) is 12.9. The molecule has 2 N–H and O–H groups in total. The number of halogens is 1. The maximum atomic E-state index is 12.1. The predicted molar refractivity (Wildman–Crippen MR) is 90.4 cm³/mol. The molecule has 0 radical (unpaired) electrons. The van der Waals surface area contributed by atoms with Crippen LogP contribution in [0.4, 0.5) is 5.69 Å². The Hall–Kier alpha value is -2.33. The Bertz CT molecular complexity index is 658. The summed E-state index contributed by atoms with van der Waals surface area (Å²) in [5.41, 5.74) is 2.32. The summed E-state index contributed by atoms with van der Waals surface area (Å²) in [6.07, 6.45) is 4.09. The number of nitrogens with one attached hydrogen (secondary N) is 2. The van der Waals surface area contributed by atoms with E-state index in [9.17, 15) is 4.79 Å². The van der Waals surface area contributed by atoms with Gasteiger partial charge < -0.3 is 10.6 Å². The van der Waals surface area contributed by atoms with Gasteiger partial charge in [0.1, 0.15) is 5.69 Å². The third kappa shape index (κ3) is 4.90. The van der Waals surface area contributed by atoms with E-state index in [2.05, 4.69) is 22.2 Å². The zero-order valence-electron chi connectivity index (χ0n) is 12.2. The van der Waals surface area contributed by atoms with Gasteiger partial charge >= 0.3 is 0 Å². The SMILES string of the molecule is C=CCNc1ccnc(C(=O)NCCc2cccc(Cl)c2)c1. The fourth-order valence-electron chi connectivity index (χ4n) is 1.96. The number of hydrogen-bond acceptors (Lipinski definition) is 3. The fraction of sp³-hybridized carbons (Fsp3) is 0.176. The molecule has 0 spiro atoms. The molecule has 0 bridgehead atoms. The van der Waals surface area contributed by atoms with Crippen molar-refractivity contribution in [3.05, 3.63) is 71.5 Å². The molecule has 1 amide bonds. The van der Waals surface area contributed by atoms with Gasteiger partial charge in [-0.25, -0.2) is 0 Å². The molecule has 1 aromatic carbocycles. The maximum absolute atomic E-state index is 12.1. The third-order valence-corrected chi connectivity index (χ3v) is 3.27. The van der Waals surface area contributed by atoms with Crippen molar-refractivity contribution in [2.24, 2.45) is 0 Å². The van der Waals surface area contributed by atoms with Gasteiger partial charge in [0.15, 0.2) is 0 Å². The number of pyridine rings is 1. The molecular formula is C17H18ClN3O. The summed E-state index contributed by atoms with van der Waals surface area (Å²) < 4.78 is 0. The molecule has 0 aliphatic heterocycles. The Labute approximate surface area is 135 Å². The normalized spacial score (nSPS) is 10.0. The summed E-state index contributed by atoms with van der Waals surface area (Å²) >= 11 is 5.93. The Morgan fingerprint density at radius 3 is 2.95 bits per heavy atom. The molecule has 0 saturated carbocycles. The molecule has 0 fully saturated rings. The Morgan fingerprint density at radius 2 is 2.18 bits per heavy atom. The molecule has 0 unspecified atom stereocenters. The largest absolute Gasteiger partial charge is 0.381 e. The van der Waals surface area contributed by atoms with Crippen molar-refractivity contribution in [2.75, 3.05) is 18.4 Å². The van der Waals surface area contributed by atoms with E-state index in [4.69, 9.17) is 11.6 Å². The van der Waals surface area contributed by atoms with Crippen LogP contribution in [0.3, 0.4) is 0 Å². The van der Waals surface area contributed by atoms with Crippen LogP contribution in [0.5, 0.6) is 0 Å². The number of aromatic nitrogens is 1. The average Bonchev–Trinajstić information content (AvgIpc) is 2.53. The number of rotatable bonds is 7. The van der Waals surface area contributed by atoms with Crippen molar-refractivity contribution in [3.63, 3.8) is 0 Å². The highest BCUT2D eigenvalue weighted by atomic mass is 35.5. The fourth-order valence-corrected chi connectivity index (χ4v) is 2.17. The first kappa shape index (κ1) is 16.0. The molecule has 1 heterocycles. The van der Waals surface area contributed by atoms with Crippen LogP contribution < -0.4 is 10.6 Å². The van der Waals surface area contributed by atoms with Gasteiger partial charge in [0.2, 0.25) is 0 Å². The first-order chi connectivity index (χ1) is 10.7. The number of hydrogen-bond donors (Lipinski definition) is 2. The highest BCUT2D eigenvalue weighted by Crippen LogP contribution is 2.11. The lowest BCUT2D eigenvalue weighted by Crippen LogP contribution is -2.26. The van der Waals surface area contributed by atoms with E-state index in [0.29, 0.717) is 23.8 Å². The number of nitrogens with zero attached hydrogens (tertiary/aromatic N) is 1. The molecule has 114 valence electrons. The standard InChI is InChI=1S/C17H18ClN3O/c1-2-8-19-15-7-10-20-16(12-15)17(22)21-9-6-13-4-3-5-14(18)11-13/h2-5,7,10-12H,1,6,8-9H2,(H,19,20)(H,21,22). The van der Waals surface area contributed by atoms with Crippen LogP contribution in [0.15, 0.2) is 55.3 Å². The second kappa shape index (κ2) is 8.20. The topological polar surface area (TPSA) is 54.0 Å². The highest BCUT2D eigenvalue weighted by molar-refractivity contribution is 6.30. The second-order valence-corrected chi connectivity index (χ2v) is 5.17. The van der Waals surface area contributed by atoms with Gasteiger partial charge in [0.05, 0.1) is 0 Å². The van der Waals surface area contributed by atoms with Crippen LogP contribution in [0.1, 0.15) is 16.1 Å². The Morgan fingerprint density at radius 1 is 1.32 bits per heavy atom. The van der Waals surface area contributed by atoms with Crippen molar-refractivity contribution in [1.29, 1.82) is 0 Å². The lowest BCUT2D eigenvalue weighted by Gasteiger charge is -2.07. The second-order valence-electron chi connectivity index (χ2n) is 4.74. The summed E-state index contributed by atoms with van der Waals surface area (Å²) in [7, 11) is 0. The first-order valence-electron chi connectivity index (χ1n) is 7.02. The monoisotopic (exact) mass is 315 g/mol. The quantitative estimate of drug-likeness (QED) is 0.771. The summed E-state index contributed by atoms with van der Waals surface area (Å²) in [5, 5.41) is 6.68. The van der Waals surface area contributed by atoms with Crippen LogP contribution in [0.25, 0.3) is 0 Å². The maximum Gasteiger partial charge on any atom is 0.269 e. The van der Waals surface area contributed by atoms with Crippen LogP contribution in [-0.2, 0) is 6.42 Å². The Balaban J connectivity index is 1.88. The number of benzene rings is 1. The van der Waals surface area contributed by atoms with E-state index < -0.39 is 0 Å². The van der Waals surface area contributed by atoms with Crippen molar-refractivity contribution in [1.82, 2.24) is 10.3 Å². The van der Waals surface area contributed by atoms with Crippen LogP contribution in [0.2, 0.25) is 5.02 Å². The highest BCUT2D eigenvalue weighted by Gasteiger charge is 2.07. The van der Waals surface area contributed by atoms with E-state index in [-0.39, 0.29) is 5.91 Å². The first-order valence-corrected chi connectivity index (χ1v) is 7.40. The summed E-state index contributed by atoms with van der Waals surface area (Å²) in [6.45, 7) is 4.81. The van der Waals surface area contributed by atoms with Crippen molar-refractivity contribution < 1.29 is 4.79 Å². The minimum atomic E-state index is -0.190. The smallest absolute Gasteiger partial charge is 0.269 e. The van der Waals surface area contributed by atoms with Crippen LogP contribution in [0, 0.1) is 0 Å². The molecule has 2 rings (SSSR count). The molecule has 0 aliphatic carbocycles. The lowest BCUT2D eigenvalue weighted by molar-refractivity contribution is 0.0949. The van der Waals surface area contributed by atoms with Gasteiger partial charge in [-0.3, -0.25) is 9.78 Å². The molecule has 4 nitrogen and oxygen atoms in total. The Kier molecular flexibility index (Phi) is 5.98. The molecule has 5 heteroatoms. The van der Waals surface area contributed by atoms with E-state index in [1.807, 2.05) is 30.3 Å². The molecular weight excluding hydrogens is 298 g/mol. The van der Waals surface area contributed by atoms with E-state index in [1.165, 1.54) is 0 Å². The molecule has 0 saturated heterocycles. The summed E-state index contributed by atoms with van der Waals surface area (Å²) in [4.78, 5) is 16.2. The van der Waals surface area contributed by atoms with Gasteiger partial charge in [-0.1, -0.05) is 29.8 Å². The number of carbonyl (C=O) groups is 1. The van der Waals surface area contributed by atoms with E-state index in [1.54, 1.807) is 18.3 Å². The van der Waals surface area contributed by atoms with Crippen LogP contribution in [-0.4, -0.2) is 24.0 Å². The van der Waals surface area contributed by atoms with Gasteiger partial charge in [0.25, 0.3) is 5.91 Å². The average molecular weight is 316 g/mol. The van der Waals surface area contributed by atoms with E-state index >= 15 is 0 Å². The molecule has 2 aromatic rings. The van der Waals surface area contributed by atoms with Gasteiger partial charge in [-0.05, 0) is 36.2 Å². The van der Waals surface area contributed by atoms with Crippen molar-refractivity contribution >= 4 is 23.2 Å². The van der Waals surface area contributed by atoms with Gasteiger partial charge in [-0.2, -0.15) is 0 Å². The van der Waals surface area contributed by atoms with Crippen LogP contribution >= 0.6 is 11.6 Å². The van der Waals surface area contributed by atoms with E-state index in [0.717, 1.165) is 17.7 Å². The third-order valence-electron chi connectivity index (χ3n) is 3.03.